The van der Waals surface area contributed by atoms with E-state index in [2.05, 4.69) is 10.4 Å². The van der Waals surface area contributed by atoms with Crippen molar-refractivity contribution >= 4 is 52.5 Å². The zero-order valence-electron chi connectivity index (χ0n) is 17.4. The highest BCUT2D eigenvalue weighted by molar-refractivity contribution is 8.04. The number of aromatic nitrogens is 1. The molecule has 1 saturated heterocycles. The van der Waals surface area contributed by atoms with Crippen molar-refractivity contribution in [2.75, 3.05) is 5.75 Å². The summed E-state index contributed by atoms with van der Waals surface area (Å²) in [6.07, 6.45) is 1.85. The van der Waals surface area contributed by atoms with E-state index in [-0.39, 0.29) is 22.9 Å². The van der Waals surface area contributed by atoms with Crippen LogP contribution in [0.5, 0.6) is 0 Å². The lowest BCUT2D eigenvalue weighted by Gasteiger charge is -2.23. The number of carbonyl (C=O) groups excluding carboxylic acids is 2. The topological polar surface area (TPSA) is 75.4 Å². The van der Waals surface area contributed by atoms with Crippen molar-refractivity contribution < 1.29 is 14.0 Å². The number of fused-ring (bicyclic) bond motifs is 1. The van der Waals surface area contributed by atoms with Crippen molar-refractivity contribution in [2.45, 2.75) is 10.6 Å². The van der Waals surface area contributed by atoms with Gasteiger partial charge in [0.1, 0.15) is 10.9 Å². The average Bonchev–Trinajstić information content (AvgIpc) is 3.40. The molecular formula is C25H19N3O3S2. The van der Waals surface area contributed by atoms with Crippen molar-refractivity contribution in [2.24, 2.45) is 0 Å². The zero-order chi connectivity index (χ0) is 22.6. The minimum absolute atomic E-state index is 0.0700. The third-order valence-corrected chi connectivity index (χ3v) is 7.01. The summed E-state index contributed by atoms with van der Waals surface area (Å²) in [6, 6.07) is 26.8. The SMILES string of the molecule is O=C(CSc1nc2ccccc2o1)NN1C(=O)/C(=C/c2ccccc2)SC1c1ccccc1. The first-order valence-electron chi connectivity index (χ1n) is 10.3. The van der Waals surface area contributed by atoms with Crippen LogP contribution in [0.1, 0.15) is 16.5 Å². The number of nitrogens with one attached hydrogen (secondary N) is 1. The smallest absolute Gasteiger partial charge is 0.280 e. The largest absolute Gasteiger partial charge is 0.431 e. The van der Waals surface area contributed by atoms with Gasteiger partial charge in [0.2, 0.25) is 5.91 Å². The van der Waals surface area contributed by atoms with E-state index in [0.717, 1.165) is 16.6 Å². The molecule has 164 valence electrons. The van der Waals surface area contributed by atoms with E-state index < -0.39 is 0 Å². The van der Waals surface area contributed by atoms with E-state index in [1.807, 2.05) is 91.0 Å². The molecule has 0 saturated carbocycles. The first-order chi connectivity index (χ1) is 16.2. The number of amides is 2. The molecule has 1 N–H and O–H groups in total. The van der Waals surface area contributed by atoms with Gasteiger partial charge in [0.05, 0.1) is 10.7 Å². The number of hydrogen-bond donors (Lipinski definition) is 1. The Bertz CT molecular complexity index is 1290. The van der Waals surface area contributed by atoms with E-state index >= 15 is 0 Å². The minimum atomic E-state index is -0.355. The third-order valence-electron chi connectivity index (χ3n) is 4.93. The predicted molar refractivity (Wildman–Crippen MR) is 131 cm³/mol. The van der Waals surface area contributed by atoms with Gasteiger partial charge in [-0.25, -0.2) is 9.99 Å². The summed E-state index contributed by atoms with van der Waals surface area (Å²) in [5.74, 6) is -0.475. The number of hydrogen-bond acceptors (Lipinski definition) is 6. The molecule has 1 aliphatic rings. The highest BCUT2D eigenvalue weighted by Gasteiger charge is 2.38. The maximum Gasteiger partial charge on any atom is 0.280 e. The summed E-state index contributed by atoms with van der Waals surface area (Å²) >= 11 is 2.61. The number of nitrogens with zero attached hydrogens (tertiary/aromatic N) is 2. The van der Waals surface area contributed by atoms with Gasteiger partial charge in [-0.2, -0.15) is 0 Å². The van der Waals surface area contributed by atoms with E-state index in [9.17, 15) is 9.59 Å². The van der Waals surface area contributed by atoms with Crippen molar-refractivity contribution in [3.8, 4) is 0 Å². The maximum absolute atomic E-state index is 13.2. The van der Waals surface area contributed by atoms with Gasteiger partial charge in [-0.1, -0.05) is 96.3 Å². The van der Waals surface area contributed by atoms with Gasteiger partial charge in [0.15, 0.2) is 5.58 Å². The number of thioether (sulfide) groups is 2. The summed E-state index contributed by atoms with van der Waals surface area (Å²) in [6.45, 7) is 0. The Hall–Kier alpha value is -3.49. The fourth-order valence-corrected chi connectivity index (χ4v) is 5.22. The molecular weight excluding hydrogens is 454 g/mol. The molecule has 2 heterocycles. The van der Waals surface area contributed by atoms with Crippen molar-refractivity contribution in [1.29, 1.82) is 0 Å². The van der Waals surface area contributed by atoms with Gasteiger partial charge >= 0.3 is 0 Å². The Balaban J connectivity index is 1.33. The van der Waals surface area contributed by atoms with Crippen molar-refractivity contribution in [3.05, 3.63) is 101 Å². The summed E-state index contributed by atoms with van der Waals surface area (Å²) in [4.78, 5) is 30.9. The van der Waals surface area contributed by atoms with Crippen LogP contribution in [-0.2, 0) is 9.59 Å². The van der Waals surface area contributed by atoms with E-state index in [4.69, 9.17) is 4.42 Å². The number of carbonyl (C=O) groups is 2. The number of para-hydroxylation sites is 2. The van der Waals surface area contributed by atoms with Crippen LogP contribution in [-0.4, -0.2) is 27.6 Å². The first-order valence-corrected chi connectivity index (χ1v) is 12.1. The molecule has 0 aliphatic carbocycles. The highest BCUT2D eigenvalue weighted by atomic mass is 32.2. The van der Waals surface area contributed by atoms with Crippen LogP contribution < -0.4 is 5.43 Å². The lowest BCUT2D eigenvalue weighted by atomic mass is 10.2. The molecule has 0 bridgehead atoms. The Kier molecular flexibility index (Phi) is 6.19. The Morgan fingerprint density at radius 1 is 1.03 bits per heavy atom. The van der Waals surface area contributed by atoms with Crippen LogP contribution in [0.3, 0.4) is 0 Å². The van der Waals surface area contributed by atoms with Crippen molar-refractivity contribution in [3.63, 3.8) is 0 Å². The van der Waals surface area contributed by atoms with E-state index in [1.54, 1.807) is 0 Å². The first kappa shape index (κ1) is 21.4. The van der Waals surface area contributed by atoms with Gasteiger partial charge in [-0.15, -0.1) is 0 Å². The molecule has 8 heteroatoms. The second-order valence-corrected chi connectivity index (χ2v) is 9.30. The molecule has 0 spiro atoms. The van der Waals surface area contributed by atoms with Gasteiger partial charge < -0.3 is 4.42 Å². The Labute approximate surface area is 199 Å². The van der Waals surface area contributed by atoms with E-state index in [1.165, 1.54) is 28.5 Å². The van der Waals surface area contributed by atoms with Crippen LogP contribution in [0.2, 0.25) is 0 Å². The summed E-state index contributed by atoms with van der Waals surface area (Å²) in [5.41, 5.74) is 6.06. The van der Waals surface area contributed by atoms with Gasteiger partial charge in [-0.3, -0.25) is 15.0 Å². The van der Waals surface area contributed by atoms with Crippen LogP contribution in [0.4, 0.5) is 0 Å². The Morgan fingerprint density at radius 3 is 2.48 bits per heavy atom. The summed E-state index contributed by atoms with van der Waals surface area (Å²) < 4.78 is 5.66. The standard InChI is InChI=1S/C25H19N3O3S2/c29-22(16-32-25-26-19-13-7-8-14-20(19)31-25)27-28-23(30)21(15-17-9-3-1-4-10-17)33-24(28)18-11-5-2-6-12-18/h1-15,24H,16H2,(H,27,29)/b21-15-. The number of hydrazine groups is 1. The van der Waals surface area contributed by atoms with Gasteiger partial charge in [0.25, 0.3) is 11.1 Å². The second-order valence-electron chi connectivity index (χ2n) is 7.25. The minimum Gasteiger partial charge on any atom is -0.431 e. The van der Waals surface area contributed by atoms with Gasteiger partial charge in [-0.05, 0) is 29.3 Å². The van der Waals surface area contributed by atoms with E-state index in [0.29, 0.717) is 15.7 Å². The zero-order valence-corrected chi connectivity index (χ0v) is 19.0. The van der Waals surface area contributed by atoms with Crippen LogP contribution in [0.15, 0.2) is 99.5 Å². The molecule has 6 nitrogen and oxygen atoms in total. The fraction of sp³-hybridized carbons (Fsp3) is 0.0800. The molecule has 1 aromatic heterocycles. The molecule has 1 aliphatic heterocycles. The lowest BCUT2D eigenvalue weighted by Crippen LogP contribution is -2.45. The number of oxazole rings is 1. The molecule has 5 rings (SSSR count). The molecule has 1 fully saturated rings. The molecule has 1 unspecified atom stereocenters. The summed E-state index contributed by atoms with van der Waals surface area (Å²) in [5, 5.41) is 1.47. The summed E-state index contributed by atoms with van der Waals surface area (Å²) in [7, 11) is 0. The van der Waals surface area contributed by atoms with Crippen molar-refractivity contribution in [1.82, 2.24) is 15.4 Å². The average molecular weight is 474 g/mol. The molecule has 0 radical (unpaired) electrons. The maximum atomic E-state index is 13.2. The molecule has 4 aromatic rings. The Morgan fingerprint density at radius 2 is 1.73 bits per heavy atom. The van der Waals surface area contributed by atoms with Crippen LogP contribution in [0.25, 0.3) is 17.2 Å². The number of rotatable bonds is 6. The second kappa shape index (κ2) is 9.56. The predicted octanol–water partition coefficient (Wildman–Crippen LogP) is 5.27. The molecule has 1 atom stereocenters. The normalized spacial score (nSPS) is 17.1. The highest BCUT2D eigenvalue weighted by Crippen LogP contribution is 2.45. The monoisotopic (exact) mass is 473 g/mol. The fourth-order valence-electron chi connectivity index (χ4n) is 3.40. The molecule has 33 heavy (non-hydrogen) atoms. The van der Waals surface area contributed by atoms with Crippen LogP contribution in [0, 0.1) is 0 Å². The van der Waals surface area contributed by atoms with Gasteiger partial charge in [0, 0.05) is 0 Å². The number of benzene rings is 3. The lowest BCUT2D eigenvalue weighted by molar-refractivity contribution is -0.137. The molecule has 3 aromatic carbocycles. The molecule has 2 amide bonds. The van der Waals surface area contributed by atoms with Crippen LogP contribution >= 0.6 is 23.5 Å². The third kappa shape index (κ3) is 4.81. The quantitative estimate of drug-likeness (QED) is 0.304.